The molecule has 1 amide bonds. The van der Waals surface area contributed by atoms with Gasteiger partial charge in [0.1, 0.15) is 24.4 Å². The second kappa shape index (κ2) is 12.9. The average molecular weight is 635 g/mol. The summed E-state index contributed by atoms with van der Waals surface area (Å²) in [5.74, 6) is -7.73. The predicted octanol–water partition coefficient (Wildman–Crippen LogP) is 6.04. The minimum absolute atomic E-state index is 0.00880. The van der Waals surface area contributed by atoms with E-state index in [0.717, 1.165) is 23.8 Å². The monoisotopic (exact) mass is 634 g/mol. The molecule has 13 heteroatoms. The van der Waals surface area contributed by atoms with E-state index in [9.17, 15) is 41.0 Å². The number of halogens is 6. The van der Waals surface area contributed by atoms with Gasteiger partial charge in [-0.25, -0.2) is 18.0 Å². The molecule has 0 saturated heterocycles. The molecule has 5 rings (SSSR count). The Bertz CT molecular complexity index is 1610. The molecular formula is C32H28F6N2O5. The molecule has 3 N–H and O–H groups in total. The predicted molar refractivity (Wildman–Crippen MR) is 149 cm³/mol. The van der Waals surface area contributed by atoms with Crippen molar-refractivity contribution in [2.75, 3.05) is 12.4 Å². The Hall–Kier alpha value is -4.36. The molecule has 2 saturated carbocycles. The van der Waals surface area contributed by atoms with Crippen LogP contribution in [0.15, 0.2) is 72.3 Å². The van der Waals surface area contributed by atoms with E-state index in [4.69, 9.17) is 9.47 Å². The van der Waals surface area contributed by atoms with Crippen LogP contribution in [0.4, 0.5) is 32.0 Å². The number of aliphatic hydroxyl groups is 1. The maximum Gasteiger partial charge on any atom is 0.419 e. The molecule has 0 aromatic heterocycles. The zero-order valence-corrected chi connectivity index (χ0v) is 23.7. The Kier molecular flexibility index (Phi) is 9.21. The minimum atomic E-state index is -5.01. The quantitative estimate of drug-likeness (QED) is 0.115. The van der Waals surface area contributed by atoms with Gasteiger partial charge in [0.25, 0.3) is 0 Å². The highest BCUT2D eigenvalue weighted by Gasteiger charge is 2.55. The number of esters is 1. The van der Waals surface area contributed by atoms with Gasteiger partial charge in [-0.3, -0.25) is 10.1 Å². The van der Waals surface area contributed by atoms with E-state index in [1.807, 2.05) is 6.07 Å². The van der Waals surface area contributed by atoms with Crippen molar-refractivity contribution >= 4 is 17.6 Å². The van der Waals surface area contributed by atoms with Gasteiger partial charge in [-0.05, 0) is 54.5 Å². The van der Waals surface area contributed by atoms with Crippen LogP contribution in [0.1, 0.15) is 35.8 Å². The molecular weight excluding hydrogens is 606 g/mol. The molecule has 2 bridgehead atoms. The number of aliphatic hydroxyl groups excluding tert-OH is 1. The summed E-state index contributed by atoms with van der Waals surface area (Å²) in [5, 5.41) is 16.3. The number of fused-ring (bicyclic) bond motifs is 2. The Morgan fingerprint density at radius 1 is 0.978 bits per heavy atom. The zero-order chi connectivity index (χ0) is 32.5. The molecule has 7 nitrogen and oxygen atoms in total. The summed E-state index contributed by atoms with van der Waals surface area (Å²) >= 11 is 0. The fourth-order valence-corrected chi connectivity index (χ4v) is 6.18. The van der Waals surface area contributed by atoms with Gasteiger partial charge >= 0.3 is 12.1 Å². The minimum Gasteiger partial charge on any atom is -0.496 e. The van der Waals surface area contributed by atoms with Gasteiger partial charge in [0, 0.05) is 29.4 Å². The molecule has 3 aromatic rings. The fraction of sp³-hybridized carbons (Fsp3) is 0.312. The third-order valence-corrected chi connectivity index (χ3v) is 8.17. The summed E-state index contributed by atoms with van der Waals surface area (Å²) in [6, 6.07) is 11.5. The molecule has 2 fully saturated rings. The van der Waals surface area contributed by atoms with Crippen molar-refractivity contribution in [3.05, 3.63) is 106 Å². The number of ether oxygens (including phenoxy) is 2. The van der Waals surface area contributed by atoms with Crippen molar-refractivity contribution in [2.24, 2.45) is 17.8 Å². The first-order valence-corrected chi connectivity index (χ1v) is 13.9. The van der Waals surface area contributed by atoms with E-state index in [1.165, 1.54) is 13.2 Å². The Morgan fingerprint density at radius 3 is 2.36 bits per heavy atom. The van der Waals surface area contributed by atoms with Gasteiger partial charge in [0.05, 0.1) is 18.6 Å². The molecule has 0 aliphatic heterocycles. The van der Waals surface area contributed by atoms with Crippen molar-refractivity contribution in [1.29, 1.82) is 0 Å². The number of alkyl halides is 3. The number of anilines is 1. The van der Waals surface area contributed by atoms with Crippen LogP contribution in [-0.2, 0) is 27.1 Å². The van der Waals surface area contributed by atoms with Crippen molar-refractivity contribution in [3.8, 4) is 5.75 Å². The highest BCUT2D eigenvalue weighted by Crippen LogP contribution is 2.53. The summed E-state index contributed by atoms with van der Waals surface area (Å²) < 4.78 is 92.2. The summed E-state index contributed by atoms with van der Waals surface area (Å²) in [6.45, 7) is -0.00880. The van der Waals surface area contributed by atoms with E-state index in [-0.39, 0.29) is 23.6 Å². The third-order valence-electron chi connectivity index (χ3n) is 8.17. The maximum absolute atomic E-state index is 14.1. The number of hydrogen-bond donors (Lipinski definition) is 3. The molecule has 238 valence electrons. The number of benzene rings is 3. The maximum atomic E-state index is 14.1. The molecule has 3 unspecified atom stereocenters. The van der Waals surface area contributed by atoms with Crippen LogP contribution in [0.25, 0.3) is 0 Å². The van der Waals surface area contributed by atoms with Crippen molar-refractivity contribution in [2.45, 2.75) is 37.9 Å². The van der Waals surface area contributed by atoms with E-state index in [1.54, 1.807) is 24.3 Å². The molecule has 2 aliphatic carbocycles. The van der Waals surface area contributed by atoms with Crippen LogP contribution in [-0.4, -0.2) is 30.1 Å². The number of nitrogens with one attached hydrogen (secondary N) is 2. The lowest BCUT2D eigenvalue weighted by Crippen LogP contribution is -2.47. The fourth-order valence-electron chi connectivity index (χ4n) is 6.18. The highest BCUT2D eigenvalue weighted by atomic mass is 19.4. The van der Waals surface area contributed by atoms with Gasteiger partial charge in [0.15, 0.2) is 11.6 Å². The number of hydrogen-bond acceptors (Lipinski definition) is 6. The lowest BCUT2D eigenvalue weighted by molar-refractivity contribution is -0.140. The smallest absolute Gasteiger partial charge is 0.419 e. The number of carbonyl (C=O) groups excluding carboxylic acids is 2. The van der Waals surface area contributed by atoms with Gasteiger partial charge in [-0.1, -0.05) is 35.9 Å². The molecule has 0 radical (unpaired) electrons. The van der Waals surface area contributed by atoms with E-state index in [2.05, 4.69) is 10.6 Å². The number of amides is 1. The summed E-state index contributed by atoms with van der Waals surface area (Å²) in [4.78, 5) is 26.5. The van der Waals surface area contributed by atoms with Crippen LogP contribution >= 0.6 is 0 Å². The molecule has 3 aromatic carbocycles. The van der Waals surface area contributed by atoms with Gasteiger partial charge in [0.2, 0.25) is 5.91 Å². The van der Waals surface area contributed by atoms with Gasteiger partial charge in [-0.15, -0.1) is 0 Å². The van der Waals surface area contributed by atoms with E-state index >= 15 is 0 Å². The van der Waals surface area contributed by atoms with Crippen LogP contribution in [0, 0.1) is 35.2 Å². The summed E-state index contributed by atoms with van der Waals surface area (Å²) in [7, 11) is 1.19. The molecule has 5 atom stereocenters. The first-order chi connectivity index (χ1) is 21.4. The van der Waals surface area contributed by atoms with Crippen molar-refractivity contribution < 1.29 is 50.5 Å². The Labute approximate surface area is 253 Å². The number of methoxy groups -OCH3 is 1. The van der Waals surface area contributed by atoms with E-state index in [0.29, 0.717) is 30.5 Å². The van der Waals surface area contributed by atoms with Crippen LogP contribution < -0.4 is 15.4 Å². The third kappa shape index (κ3) is 6.84. The highest BCUT2D eigenvalue weighted by molar-refractivity contribution is 5.95. The lowest BCUT2D eigenvalue weighted by atomic mass is 9.83. The Morgan fingerprint density at radius 2 is 1.67 bits per heavy atom. The first kappa shape index (κ1) is 32.0. The summed E-state index contributed by atoms with van der Waals surface area (Å²) in [6.07, 6.45) is -4.51. The lowest BCUT2D eigenvalue weighted by Gasteiger charge is -2.32. The van der Waals surface area contributed by atoms with Crippen LogP contribution in [0.5, 0.6) is 5.75 Å². The topological polar surface area (TPSA) is 96.9 Å². The van der Waals surface area contributed by atoms with Gasteiger partial charge < -0.3 is 19.9 Å². The van der Waals surface area contributed by atoms with Gasteiger partial charge in [-0.2, -0.15) is 13.2 Å². The second-order valence-electron chi connectivity index (χ2n) is 10.8. The Balaban J connectivity index is 1.44. The SMILES string of the molecule is COc1cc(F)c(F)cc1C(O)N[C@@H]1C2CCC(/C2=C/C(=O)OCc2ccccc2)[C@@H]1C(=O)Nc1ccc(F)c(C(F)(F)F)c1. The molecule has 0 spiro atoms. The normalized spacial score (nSPS) is 22.4. The molecule has 45 heavy (non-hydrogen) atoms. The summed E-state index contributed by atoms with van der Waals surface area (Å²) in [5.41, 5.74) is -0.766. The number of carbonyl (C=O) groups is 2. The molecule has 0 heterocycles. The van der Waals surface area contributed by atoms with Crippen molar-refractivity contribution in [3.63, 3.8) is 0 Å². The zero-order valence-electron chi connectivity index (χ0n) is 23.7. The second-order valence-corrected chi connectivity index (χ2v) is 10.8. The van der Waals surface area contributed by atoms with Crippen LogP contribution in [0.2, 0.25) is 0 Å². The standard InChI is InChI=1S/C32H28F6N2O5/c1-44-26-14-25(35)24(34)12-21(26)30(42)40-29-19-9-8-18(20(19)13-27(41)45-15-16-5-3-2-4-6-16)28(29)31(43)39-17-7-10-23(33)22(11-17)32(36,37)38/h2-7,10-14,18-19,28-30,40,42H,8-9,15H2,1H3,(H,39,43)/b20-13-/t18?,19?,28-,29+,30?/m0/s1. The van der Waals surface area contributed by atoms with Crippen molar-refractivity contribution in [1.82, 2.24) is 5.32 Å². The average Bonchev–Trinajstić information content (AvgIpc) is 3.52. The first-order valence-electron chi connectivity index (χ1n) is 13.9. The van der Waals surface area contributed by atoms with Crippen LogP contribution in [0.3, 0.4) is 0 Å². The molecule has 2 aliphatic rings. The largest absolute Gasteiger partial charge is 0.496 e. The number of rotatable bonds is 9. The van der Waals surface area contributed by atoms with E-state index < -0.39 is 71.1 Å².